The summed E-state index contributed by atoms with van der Waals surface area (Å²) in [7, 11) is 0. The van der Waals surface area contributed by atoms with E-state index in [2.05, 4.69) is 259 Å². The van der Waals surface area contributed by atoms with Crippen LogP contribution in [0.1, 0.15) is 365 Å². The average Bonchev–Trinajstić information content (AvgIpc) is 1.79. The Hall–Kier alpha value is 1.98. The molecule has 134 heavy (non-hydrogen) atoms. The van der Waals surface area contributed by atoms with E-state index in [-0.39, 0.29) is 262 Å². The molecule has 16 heterocycles. The van der Waals surface area contributed by atoms with Crippen LogP contribution in [0, 0.1) is 0 Å². The van der Waals surface area contributed by atoms with Crippen LogP contribution in [0.3, 0.4) is 0 Å². The molecule has 0 atom stereocenters. The number of fused-ring (bicyclic) bond motifs is 8. The normalized spacial score (nSPS) is 13.7. The summed E-state index contributed by atoms with van der Waals surface area (Å²) >= 11 is 0. The number of hydrogen-bond donors (Lipinski definition) is 0. The summed E-state index contributed by atoms with van der Waals surface area (Å²) in [6.07, 6.45) is 18.8. The van der Waals surface area contributed by atoms with Crippen LogP contribution in [0.2, 0.25) is 0 Å². The molecule has 0 bridgehead atoms. The van der Waals surface area contributed by atoms with Gasteiger partial charge in [-0.05, 0) is 129 Å². The molecule has 0 saturated heterocycles. The van der Waals surface area contributed by atoms with Gasteiger partial charge in [0.05, 0.1) is 82.0 Å². The number of nitrogens with zero attached hydrogens (tertiary/aromatic N) is 27. The Morgan fingerprint density at radius 1 is 0.231 bits per heavy atom. The second kappa shape index (κ2) is 114. The molecule has 27 nitrogen and oxygen atoms in total. The van der Waals surface area contributed by atoms with E-state index in [1.165, 1.54) is 35.1 Å². The smallest absolute Gasteiger partial charge is 0.147 e. The Labute approximate surface area is 1030 Å². The molecule has 8 aliphatic heterocycles. The van der Waals surface area contributed by atoms with Crippen LogP contribution in [0.4, 0.5) is 0 Å². The molecule has 0 aromatic carbocycles. The van der Waals surface area contributed by atoms with Crippen molar-refractivity contribution < 1.29 is 262 Å². The maximum atomic E-state index is 4.31. The van der Waals surface area contributed by atoms with Gasteiger partial charge in [-0.1, -0.05) is 213 Å². The molecule has 0 fully saturated rings. The SMILES string of the molecule is CC.CC.CC.CC.CC.CC.CC.CC.CC.CC.CC.CC.CC.CC.CC.CC(C)N1CCn2cccc2C1.CC(C)N1CCn2ccnc2C1.CC(C)N1CCn2cncc2C1.CC(C)N1CCn2cnnc2C1.CC(C)N1CCn2nccc2C1.CC(C)N1CCn2ncnc2C1.CC(C)N1CCn2ncnc2C1.CC(C)N1CCn2nncc2C1.[Y].[Y].[Y].[Y].[Y].[Y].[Y].[Y]. The molecular weight excluding hydrogens is 2280 g/mol. The maximum Gasteiger partial charge on any atom is 0.147 e. The first-order valence-corrected chi connectivity index (χ1v) is 50.7. The van der Waals surface area contributed by atoms with E-state index in [0.717, 1.165) is 168 Å². The fourth-order valence-corrected chi connectivity index (χ4v) is 12.8. The zero-order chi connectivity index (χ0) is 98.4. The minimum atomic E-state index is 0. The van der Waals surface area contributed by atoms with Gasteiger partial charge in [0.2, 0.25) is 0 Å². The summed E-state index contributed by atoms with van der Waals surface area (Å²) in [4.78, 5) is 36.4. The Kier molecular flexibility index (Phi) is 144. The largest absolute Gasteiger partial charge is 0.349 e. The number of imidazole rings is 2. The number of aromatic nitrogens is 19. The fourth-order valence-electron chi connectivity index (χ4n) is 12.8. The van der Waals surface area contributed by atoms with Crippen LogP contribution in [-0.2, 0) is 366 Å². The van der Waals surface area contributed by atoms with Crippen LogP contribution in [0.25, 0.3) is 0 Å². The Bertz CT molecular complexity index is 2850. The third-order valence-electron chi connectivity index (χ3n) is 19.7. The molecule has 8 radical (unpaired) electrons. The quantitative estimate of drug-likeness (QED) is 0.139. The van der Waals surface area contributed by atoms with Gasteiger partial charge in [-0.15, -0.1) is 15.3 Å². The van der Waals surface area contributed by atoms with Crippen LogP contribution in [0.5, 0.6) is 0 Å². The first-order valence-electron chi connectivity index (χ1n) is 50.7. The minimum Gasteiger partial charge on any atom is -0.349 e. The standard InChI is InChI=1S/C10H16N2.3C9H15N3.4C8H14N4.15C2H6.8Y/c1-9(2)12-7-6-11-5-3-4-10(11)8-12;1-8(2)11-3-4-12-7-10-5-9(12)6-11;1-8(2)12-6-5-11-4-3-10-9(11)7-12;1-8(2)11-5-6-12-9(7-11)3-4-10-12;1-7(2)11-3-4-12-6-9-10-8(12)5-11;2*1-7(2)11-3-4-12-8(5-11)9-6-10-12;1-7(2)11-3-4-12-8(6-11)5-9-10-12;15*1-2;;;;;;;;/h3-5,9H,6-8H2,1-2H3;5,7-8H,3-4,6H2,1-2H3;2*3-4,8H,5-7H2,1-2H3;3*6-7H,3-5H2,1-2H3;5,7H,3-4,6H2,1-2H3;15*1-2H3;;;;;;;;. The predicted octanol–water partition coefficient (Wildman–Crippen LogP) is 22.4. The van der Waals surface area contributed by atoms with Crippen LogP contribution in [-0.4, -0.2) is 233 Å². The third-order valence-corrected chi connectivity index (χ3v) is 19.7. The van der Waals surface area contributed by atoms with Crippen molar-refractivity contribution in [2.45, 2.75) is 472 Å². The van der Waals surface area contributed by atoms with Crippen molar-refractivity contribution in [1.29, 1.82) is 0 Å². The topological polar surface area (TPSA) is 207 Å². The Balaban J connectivity index is -0.0000000884. The monoisotopic (exact) mass is 2490 g/mol. The fraction of sp³-hybridized carbons (Fsp3) is 0.788. The molecule has 0 spiro atoms. The van der Waals surface area contributed by atoms with Crippen molar-refractivity contribution in [3.63, 3.8) is 0 Å². The van der Waals surface area contributed by atoms with Gasteiger partial charge in [0.25, 0.3) is 0 Å². The van der Waals surface area contributed by atoms with E-state index in [4.69, 9.17) is 0 Å². The molecule has 8 aliphatic rings. The van der Waals surface area contributed by atoms with Gasteiger partial charge in [0.15, 0.2) is 0 Å². The van der Waals surface area contributed by atoms with Crippen LogP contribution in [0.15, 0.2) is 80.7 Å². The van der Waals surface area contributed by atoms with E-state index in [1.807, 2.05) is 259 Å². The predicted molar refractivity (Wildman–Crippen MR) is 546 cm³/mol. The summed E-state index contributed by atoms with van der Waals surface area (Å²) in [5.74, 6) is 4.48. The van der Waals surface area contributed by atoms with Gasteiger partial charge >= 0.3 is 0 Å². The average molecular weight is 2490 g/mol. The van der Waals surface area contributed by atoms with Gasteiger partial charge in [-0.2, -0.15) is 15.3 Å². The summed E-state index contributed by atoms with van der Waals surface area (Å²) in [5, 5.41) is 28.3. The van der Waals surface area contributed by atoms with Crippen LogP contribution >= 0.6 is 0 Å². The molecule has 16 rings (SSSR count). The summed E-state index contributed by atoms with van der Waals surface area (Å²) in [6.45, 7) is 121. The number of hydrogen-bond acceptors (Lipinski definition) is 19. The van der Waals surface area contributed by atoms with Crippen LogP contribution < -0.4 is 0 Å². The second-order valence-electron chi connectivity index (χ2n) is 28.6. The molecule has 8 aromatic rings. The van der Waals surface area contributed by atoms with Crippen molar-refractivity contribution in [3.8, 4) is 0 Å². The molecular formula is C99H207N27Y8. The van der Waals surface area contributed by atoms with Crippen molar-refractivity contribution in [2.24, 2.45) is 0 Å². The number of rotatable bonds is 8. The van der Waals surface area contributed by atoms with Crippen molar-refractivity contribution in [3.05, 3.63) is 127 Å². The van der Waals surface area contributed by atoms with Crippen molar-refractivity contribution >= 4 is 0 Å². The molecule has 8 aromatic heterocycles. The third kappa shape index (κ3) is 68.5. The van der Waals surface area contributed by atoms with E-state index in [0.29, 0.717) is 48.3 Å². The van der Waals surface area contributed by atoms with Crippen molar-refractivity contribution in [1.82, 2.24) is 132 Å². The molecule has 0 aliphatic carbocycles. The summed E-state index contributed by atoms with van der Waals surface area (Å²) in [5.41, 5.74) is 5.37. The van der Waals surface area contributed by atoms with Gasteiger partial charge < -0.3 is 18.3 Å². The minimum absolute atomic E-state index is 0. The van der Waals surface area contributed by atoms with Gasteiger partial charge in [0, 0.05) is 451 Å². The van der Waals surface area contributed by atoms with E-state index < -0.39 is 0 Å². The van der Waals surface area contributed by atoms with Gasteiger partial charge in [0.1, 0.15) is 42.3 Å². The van der Waals surface area contributed by atoms with E-state index in [1.54, 1.807) is 12.7 Å². The Morgan fingerprint density at radius 2 is 0.545 bits per heavy atom. The second-order valence-corrected chi connectivity index (χ2v) is 28.6. The first-order chi connectivity index (χ1) is 61.2. The Morgan fingerprint density at radius 3 is 0.940 bits per heavy atom. The molecule has 0 amide bonds. The zero-order valence-corrected chi connectivity index (χ0v) is 118. The molecule has 762 valence electrons. The van der Waals surface area contributed by atoms with Crippen molar-refractivity contribution in [2.75, 3.05) is 52.4 Å². The molecule has 0 N–H and O–H groups in total. The zero-order valence-electron chi connectivity index (χ0n) is 95.8. The van der Waals surface area contributed by atoms with Gasteiger partial charge in [-0.3, -0.25) is 43.9 Å². The van der Waals surface area contributed by atoms with E-state index in [9.17, 15) is 0 Å². The first kappa shape index (κ1) is 169. The van der Waals surface area contributed by atoms with E-state index >= 15 is 0 Å². The summed E-state index contributed by atoms with van der Waals surface area (Å²) < 4.78 is 17.0. The molecule has 35 heteroatoms. The molecule has 0 saturated carbocycles. The van der Waals surface area contributed by atoms with Gasteiger partial charge in [-0.25, -0.2) is 34.0 Å². The maximum absolute atomic E-state index is 4.31. The molecule has 0 unspecified atom stereocenters. The summed E-state index contributed by atoms with van der Waals surface area (Å²) in [6, 6.07) is 11.5.